The van der Waals surface area contributed by atoms with Gasteiger partial charge in [0.2, 0.25) is 5.91 Å². The maximum Gasteiger partial charge on any atom is 0.226 e. The lowest BCUT2D eigenvalue weighted by atomic mass is 9.98. The van der Waals surface area contributed by atoms with Gasteiger partial charge >= 0.3 is 0 Å². The van der Waals surface area contributed by atoms with Crippen molar-refractivity contribution in [1.82, 2.24) is 4.90 Å². The monoisotopic (exact) mass is 377 g/mol. The molecule has 142 valence electrons. The van der Waals surface area contributed by atoms with Crippen LogP contribution in [-0.4, -0.2) is 50.8 Å². The molecule has 0 radical (unpaired) electrons. The molecule has 0 aromatic heterocycles. The summed E-state index contributed by atoms with van der Waals surface area (Å²) in [6.45, 7) is 5.64. The second-order valence-electron chi connectivity index (χ2n) is 6.98. The lowest BCUT2D eigenvalue weighted by Crippen LogP contribution is -2.42. The van der Waals surface area contributed by atoms with Crippen LogP contribution in [0.2, 0.25) is 0 Å². The molecule has 1 fully saturated rings. The number of ether oxygens (including phenoxy) is 1. The number of hydrogen-bond donors (Lipinski definition) is 0. The molecule has 1 atom stereocenters. The summed E-state index contributed by atoms with van der Waals surface area (Å²) < 4.78 is 29.7. The molecule has 0 aliphatic carbocycles. The molecule has 6 heteroatoms. The van der Waals surface area contributed by atoms with Gasteiger partial charge in [0.05, 0.1) is 23.2 Å². The number of sulfone groups is 1. The second kappa shape index (κ2) is 9.20. The Bertz CT molecular complexity index is 747. The quantitative estimate of drug-likeness (QED) is 0.540. The third kappa shape index (κ3) is 5.33. The van der Waals surface area contributed by atoms with Crippen LogP contribution in [0.5, 0.6) is 0 Å². The van der Waals surface area contributed by atoms with Crippen molar-refractivity contribution in [1.29, 1.82) is 0 Å². The molecule has 1 aliphatic rings. The predicted molar refractivity (Wildman–Crippen MR) is 101 cm³/mol. The number of piperidine rings is 1. The first kappa shape index (κ1) is 20.5. The van der Waals surface area contributed by atoms with Gasteiger partial charge in [-0.15, -0.1) is 6.42 Å². The van der Waals surface area contributed by atoms with Gasteiger partial charge in [-0.05, 0) is 50.3 Å². The fraction of sp³-hybridized carbons (Fsp3) is 0.550. The van der Waals surface area contributed by atoms with E-state index in [4.69, 9.17) is 11.2 Å². The highest BCUT2D eigenvalue weighted by Crippen LogP contribution is 2.20. The standard InChI is InChI=1S/C20H27NO4S/c1-4-12-25-15-18-6-5-11-21(14-18)20(22)13-17-7-9-19(10-8-17)26(23,24)16(2)3/h1,7-10,16,18H,5-6,11-15H2,2-3H3. The van der Waals surface area contributed by atoms with Gasteiger partial charge in [0.1, 0.15) is 6.61 Å². The van der Waals surface area contributed by atoms with Crippen molar-refractivity contribution in [2.24, 2.45) is 5.92 Å². The summed E-state index contributed by atoms with van der Waals surface area (Å²) in [4.78, 5) is 14.7. The average Bonchev–Trinajstić information content (AvgIpc) is 2.62. The van der Waals surface area contributed by atoms with E-state index >= 15 is 0 Å². The van der Waals surface area contributed by atoms with Crippen LogP contribution >= 0.6 is 0 Å². The zero-order valence-corrected chi connectivity index (χ0v) is 16.3. The van der Waals surface area contributed by atoms with Crippen molar-refractivity contribution in [2.45, 2.75) is 43.3 Å². The molecule has 1 aliphatic heterocycles. The molecule has 0 saturated carbocycles. The molecule has 1 unspecified atom stereocenters. The highest BCUT2D eigenvalue weighted by atomic mass is 32.2. The van der Waals surface area contributed by atoms with Gasteiger partial charge in [-0.25, -0.2) is 8.42 Å². The van der Waals surface area contributed by atoms with E-state index < -0.39 is 15.1 Å². The van der Waals surface area contributed by atoms with E-state index in [1.807, 2.05) is 4.90 Å². The van der Waals surface area contributed by atoms with Crippen LogP contribution in [0.4, 0.5) is 0 Å². The van der Waals surface area contributed by atoms with Crippen molar-refractivity contribution in [3.05, 3.63) is 29.8 Å². The van der Waals surface area contributed by atoms with Crippen LogP contribution in [0.3, 0.4) is 0 Å². The first-order valence-corrected chi connectivity index (χ1v) is 10.5. The van der Waals surface area contributed by atoms with Gasteiger partial charge in [-0.2, -0.15) is 0 Å². The predicted octanol–water partition coefficient (Wildman–Crippen LogP) is 2.30. The Morgan fingerprint density at radius 1 is 1.35 bits per heavy atom. The third-order valence-corrected chi connectivity index (χ3v) is 6.81. The van der Waals surface area contributed by atoms with Crippen molar-refractivity contribution in [2.75, 3.05) is 26.3 Å². The van der Waals surface area contributed by atoms with Crippen molar-refractivity contribution < 1.29 is 17.9 Å². The second-order valence-corrected chi connectivity index (χ2v) is 9.49. The van der Waals surface area contributed by atoms with Crippen LogP contribution in [0, 0.1) is 18.3 Å². The number of carbonyl (C=O) groups excluding carboxylic acids is 1. The van der Waals surface area contributed by atoms with Crippen LogP contribution < -0.4 is 0 Å². The zero-order valence-electron chi connectivity index (χ0n) is 15.5. The van der Waals surface area contributed by atoms with E-state index in [1.54, 1.807) is 38.1 Å². The van der Waals surface area contributed by atoms with Gasteiger partial charge in [0, 0.05) is 13.1 Å². The summed E-state index contributed by atoms with van der Waals surface area (Å²) in [5.41, 5.74) is 0.823. The van der Waals surface area contributed by atoms with Crippen LogP contribution in [0.1, 0.15) is 32.3 Å². The van der Waals surface area contributed by atoms with E-state index in [0.29, 0.717) is 30.6 Å². The first-order chi connectivity index (χ1) is 12.3. The summed E-state index contributed by atoms with van der Waals surface area (Å²) >= 11 is 0. The van der Waals surface area contributed by atoms with Crippen LogP contribution in [0.25, 0.3) is 0 Å². The van der Waals surface area contributed by atoms with E-state index in [2.05, 4.69) is 5.92 Å². The maximum atomic E-state index is 12.6. The van der Waals surface area contributed by atoms with Crippen LogP contribution in [0.15, 0.2) is 29.2 Å². The fourth-order valence-electron chi connectivity index (χ4n) is 3.07. The number of terminal acetylenes is 1. The van der Waals surface area contributed by atoms with Gasteiger partial charge in [-0.3, -0.25) is 4.79 Å². The Hall–Kier alpha value is -1.84. The van der Waals surface area contributed by atoms with Crippen molar-refractivity contribution in [3.63, 3.8) is 0 Å². The fourth-order valence-corrected chi connectivity index (χ4v) is 4.13. The summed E-state index contributed by atoms with van der Waals surface area (Å²) in [6, 6.07) is 6.63. The van der Waals surface area contributed by atoms with E-state index in [9.17, 15) is 13.2 Å². The summed E-state index contributed by atoms with van der Waals surface area (Å²) in [6.07, 6.45) is 7.46. The molecule has 26 heavy (non-hydrogen) atoms. The molecule has 1 heterocycles. The number of amides is 1. The average molecular weight is 378 g/mol. The summed E-state index contributed by atoms with van der Waals surface area (Å²) in [5.74, 6) is 2.83. The number of carbonyl (C=O) groups is 1. The van der Waals surface area contributed by atoms with E-state index in [0.717, 1.165) is 24.9 Å². The van der Waals surface area contributed by atoms with Crippen molar-refractivity contribution in [3.8, 4) is 12.3 Å². The van der Waals surface area contributed by atoms with Crippen molar-refractivity contribution >= 4 is 15.7 Å². The first-order valence-electron chi connectivity index (χ1n) is 8.96. The normalized spacial score (nSPS) is 17.9. The highest BCUT2D eigenvalue weighted by Gasteiger charge is 2.24. The molecule has 0 N–H and O–H groups in total. The number of hydrogen-bond acceptors (Lipinski definition) is 4. The van der Waals surface area contributed by atoms with Gasteiger partial charge in [0.25, 0.3) is 0 Å². The molecule has 5 nitrogen and oxygen atoms in total. The lowest BCUT2D eigenvalue weighted by Gasteiger charge is -2.32. The summed E-state index contributed by atoms with van der Waals surface area (Å²) in [7, 11) is -3.28. The Balaban J connectivity index is 1.94. The molecular weight excluding hydrogens is 350 g/mol. The molecule has 0 spiro atoms. The van der Waals surface area contributed by atoms with E-state index in [-0.39, 0.29) is 12.3 Å². The number of nitrogens with zero attached hydrogens (tertiary/aromatic N) is 1. The molecule has 0 bridgehead atoms. The molecule has 1 aromatic rings. The Morgan fingerprint density at radius 2 is 2.04 bits per heavy atom. The number of rotatable bonds is 7. The van der Waals surface area contributed by atoms with Gasteiger partial charge < -0.3 is 9.64 Å². The molecule has 1 saturated heterocycles. The lowest BCUT2D eigenvalue weighted by molar-refractivity contribution is -0.132. The largest absolute Gasteiger partial charge is 0.368 e. The topological polar surface area (TPSA) is 63.7 Å². The van der Waals surface area contributed by atoms with Crippen LogP contribution in [-0.2, 0) is 25.8 Å². The zero-order chi connectivity index (χ0) is 19.2. The number of likely N-dealkylation sites (tertiary alicyclic amines) is 1. The molecule has 1 amide bonds. The number of benzene rings is 1. The third-order valence-electron chi connectivity index (χ3n) is 4.64. The Morgan fingerprint density at radius 3 is 2.65 bits per heavy atom. The molecule has 2 rings (SSSR count). The minimum atomic E-state index is -3.28. The van der Waals surface area contributed by atoms with Gasteiger partial charge in [0.15, 0.2) is 9.84 Å². The van der Waals surface area contributed by atoms with E-state index in [1.165, 1.54) is 0 Å². The van der Waals surface area contributed by atoms with Gasteiger partial charge in [-0.1, -0.05) is 18.1 Å². The minimum absolute atomic E-state index is 0.0612. The summed E-state index contributed by atoms with van der Waals surface area (Å²) in [5, 5.41) is -0.461. The molecule has 1 aromatic carbocycles. The smallest absolute Gasteiger partial charge is 0.226 e. The molecular formula is C20H27NO4S. The Labute approximate surface area is 156 Å². The maximum absolute atomic E-state index is 12.6. The Kier molecular flexibility index (Phi) is 7.24. The minimum Gasteiger partial charge on any atom is -0.368 e. The SMILES string of the molecule is C#CCOCC1CCCN(C(=O)Cc2ccc(S(=O)(=O)C(C)C)cc2)C1. The highest BCUT2D eigenvalue weighted by molar-refractivity contribution is 7.92.